The molecule has 12 heavy (non-hydrogen) atoms. The molecule has 0 saturated heterocycles. The maximum absolute atomic E-state index is 2.16. The van der Waals surface area contributed by atoms with Crippen LogP contribution in [0.25, 0.3) is 10.9 Å². The van der Waals surface area contributed by atoms with E-state index in [9.17, 15) is 0 Å². The van der Waals surface area contributed by atoms with Crippen molar-refractivity contribution in [2.24, 2.45) is 14.1 Å². The number of rotatable bonds is 0. The molecule has 0 amide bonds. The van der Waals surface area contributed by atoms with Crippen molar-refractivity contribution in [3.05, 3.63) is 30.0 Å². The molecule has 2 rings (SSSR count). The lowest BCUT2D eigenvalue weighted by Crippen LogP contribution is -2.37. The molecule has 2 heteroatoms. The first-order valence-electron chi connectivity index (χ1n) is 4.12. The van der Waals surface area contributed by atoms with E-state index in [4.69, 9.17) is 0 Å². The summed E-state index contributed by atoms with van der Waals surface area (Å²) < 4.78 is 4.31. The van der Waals surface area contributed by atoms with E-state index in [-0.39, 0.29) is 0 Å². The molecule has 0 spiro atoms. The highest BCUT2D eigenvalue weighted by Gasteiger charge is 2.13. The quantitative estimate of drug-likeness (QED) is 0.515. The topological polar surface area (TPSA) is 8.81 Å². The maximum Gasteiger partial charge on any atom is 0.238 e. The minimum absolute atomic E-state index is 1.29. The van der Waals surface area contributed by atoms with E-state index in [1.54, 1.807) is 0 Å². The number of benzene rings is 1. The highest BCUT2D eigenvalue weighted by Crippen LogP contribution is 2.13. The molecule has 62 valence electrons. The molecular weight excluding hydrogens is 148 g/mol. The van der Waals surface area contributed by atoms with Crippen molar-refractivity contribution in [1.29, 1.82) is 0 Å². The standard InChI is InChI=1S/C10H13N2/c1-8-9-6-4-5-7-10(9)12(3)11(8)2/h4-7H,1-3H3/q+1. The van der Waals surface area contributed by atoms with Gasteiger partial charge in [0.15, 0.2) is 7.05 Å². The summed E-state index contributed by atoms with van der Waals surface area (Å²) in [5.74, 6) is 0. The molecule has 0 bridgehead atoms. The first kappa shape index (κ1) is 7.35. The van der Waals surface area contributed by atoms with Crippen LogP contribution in [0.2, 0.25) is 0 Å². The lowest BCUT2D eigenvalue weighted by molar-refractivity contribution is -0.728. The molecule has 0 aliphatic heterocycles. The number of fused-ring (bicyclic) bond motifs is 1. The molecule has 0 radical (unpaired) electrons. The molecule has 0 N–H and O–H groups in total. The Morgan fingerprint density at radius 2 is 1.92 bits per heavy atom. The van der Waals surface area contributed by atoms with Crippen molar-refractivity contribution in [2.75, 3.05) is 0 Å². The number of aromatic nitrogens is 2. The smallest absolute Gasteiger partial charge is 0.160 e. The lowest BCUT2D eigenvalue weighted by atomic mass is 10.2. The summed E-state index contributed by atoms with van der Waals surface area (Å²) in [5, 5.41) is 1.34. The zero-order valence-electron chi connectivity index (χ0n) is 7.70. The Balaban J connectivity index is 2.99. The van der Waals surface area contributed by atoms with E-state index in [1.165, 1.54) is 16.6 Å². The van der Waals surface area contributed by atoms with Crippen LogP contribution in [-0.2, 0) is 14.1 Å². The molecule has 0 saturated carbocycles. The molecule has 2 nitrogen and oxygen atoms in total. The monoisotopic (exact) mass is 161 g/mol. The Labute approximate surface area is 72.0 Å². The van der Waals surface area contributed by atoms with Gasteiger partial charge in [-0.25, -0.2) is 0 Å². The molecular formula is C10H13N2+. The normalized spacial score (nSPS) is 10.9. The highest BCUT2D eigenvalue weighted by molar-refractivity contribution is 5.78. The van der Waals surface area contributed by atoms with E-state index in [2.05, 4.69) is 54.6 Å². The Hall–Kier alpha value is -1.31. The Morgan fingerprint density at radius 1 is 1.25 bits per heavy atom. The van der Waals surface area contributed by atoms with Crippen molar-refractivity contribution in [3.8, 4) is 0 Å². The summed E-state index contributed by atoms with van der Waals surface area (Å²) in [6, 6.07) is 8.45. The molecule has 0 aliphatic carbocycles. The minimum Gasteiger partial charge on any atom is -0.160 e. The second kappa shape index (κ2) is 2.34. The number of nitrogens with zero attached hydrogens (tertiary/aromatic N) is 2. The van der Waals surface area contributed by atoms with Crippen molar-refractivity contribution < 1.29 is 4.68 Å². The summed E-state index contributed by atoms with van der Waals surface area (Å²) in [6.07, 6.45) is 0. The molecule has 1 aromatic carbocycles. The van der Waals surface area contributed by atoms with Gasteiger partial charge in [0.2, 0.25) is 5.52 Å². The van der Waals surface area contributed by atoms with Crippen LogP contribution in [0.1, 0.15) is 5.69 Å². The van der Waals surface area contributed by atoms with E-state index in [0.717, 1.165) is 0 Å². The van der Waals surface area contributed by atoms with Gasteiger partial charge in [0.05, 0.1) is 18.1 Å². The largest absolute Gasteiger partial charge is 0.238 e. The number of hydrogen-bond donors (Lipinski definition) is 0. The number of aryl methyl sites for hydroxylation is 2. The van der Waals surface area contributed by atoms with E-state index in [1.807, 2.05) is 0 Å². The van der Waals surface area contributed by atoms with Gasteiger partial charge in [0.25, 0.3) is 0 Å². The SMILES string of the molecule is Cc1c2ccccc2[n+](C)n1C. The van der Waals surface area contributed by atoms with Gasteiger partial charge < -0.3 is 0 Å². The van der Waals surface area contributed by atoms with Gasteiger partial charge in [-0.05, 0) is 13.0 Å². The van der Waals surface area contributed by atoms with E-state index in [0.29, 0.717) is 0 Å². The average Bonchev–Trinajstić information content (AvgIpc) is 2.33. The van der Waals surface area contributed by atoms with Gasteiger partial charge in [-0.15, -0.1) is 4.68 Å². The molecule has 1 heterocycles. The predicted molar refractivity (Wildman–Crippen MR) is 48.8 cm³/mol. The molecule has 0 unspecified atom stereocenters. The zero-order chi connectivity index (χ0) is 8.72. The Bertz CT molecular complexity index is 388. The summed E-state index contributed by atoms with van der Waals surface area (Å²) in [7, 11) is 4.16. The zero-order valence-corrected chi connectivity index (χ0v) is 7.70. The van der Waals surface area contributed by atoms with Crippen molar-refractivity contribution >= 4 is 10.9 Å². The van der Waals surface area contributed by atoms with Crippen LogP contribution in [0.3, 0.4) is 0 Å². The number of para-hydroxylation sites is 1. The Kier molecular flexibility index (Phi) is 1.43. The predicted octanol–water partition coefficient (Wildman–Crippen LogP) is 1.31. The molecule has 0 fully saturated rings. The summed E-state index contributed by atoms with van der Waals surface area (Å²) >= 11 is 0. The lowest BCUT2D eigenvalue weighted by Gasteiger charge is -1.89. The first-order valence-corrected chi connectivity index (χ1v) is 4.12. The minimum atomic E-state index is 1.29. The number of hydrogen-bond acceptors (Lipinski definition) is 0. The fraction of sp³-hybridized carbons (Fsp3) is 0.300. The fourth-order valence-electron chi connectivity index (χ4n) is 1.62. The van der Waals surface area contributed by atoms with Gasteiger partial charge in [0, 0.05) is 6.07 Å². The van der Waals surface area contributed by atoms with Crippen molar-refractivity contribution in [2.45, 2.75) is 6.92 Å². The van der Waals surface area contributed by atoms with Gasteiger partial charge in [-0.1, -0.05) is 12.1 Å². The second-order valence-electron chi connectivity index (χ2n) is 3.15. The highest BCUT2D eigenvalue weighted by atomic mass is 15.4. The van der Waals surface area contributed by atoms with Crippen LogP contribution in [0.15, 0.2) is 24.3 Å². The van der Waals surface area contributed by atoms with Gasteiger partial charge >= 0.3 is 0 Å². The van der Waals surface area contributed by atoms with Crippen LogP contribution in [-0.4, -0.2) is 4.68 Å². The van der Waals surface area contributed by atoms with Crippen LogP contribution >= 0.6 is 0 Å². The third kappa shape index (κ3) is 0.779. The molecule has 1 aromatic heterocycles. The maximum atomic E-state index is 2.16. The summed E-state index contributed by atoms with van der Waals surface area (Å²) in [4.78, 5) is 0. The molecule has 0 atom stereocenters. The van der Waals surface area contributed by atoms with E-state index >= 15 is 0 Å². The van der Waals surface area contributed by atoms with Gasteiger partial charge in [-0.2, -0.15) is 4.68 Å². The fourth-order valence-corrected chi connectivity index (χ4v) is 1.62. The van der Waals surface area contributed by atoms with Crippen LogP contribution < -0.4 is 4.68 Å². The Morgan fingerprint density at radius 3 is 2.58 bits per heavy atom. The summed E-state index contributed by atoms with van der Waals surface area (Å²) in [5.41, 5.74) is 2.60. The molecule has 2 aromatic rings. The first-order chi connectivity index (χ1) is 5.72. The van der Waals surface area contributed by atoms with Crippen molar-refractivity contribution in [3.63, 3.8) is 0 Å². The van der Waals surface area contributed by atoms with Crippen LogP contribution in [0.5, 0.6) is 0 Å². The second-order valence-corrected chi connectivity index (χ2v) is 3.15. The van der Waals surface area contributed by atoms with Gasteiger partial charge in [-0.3, -0.25) is 0 Å². The van der Waals surface area contributed by atoms with Crippen LogP contribution in [0.4, 0.5) is 0 Å². The third-order valence-corrected chi connectivity index (χ3v) is 2.58. The van der Waals surface area contributed by atoms with Crippen LogP contribution in [0, 0.1) is 6.92 Å². The average molecular weight is 161 g/mol. The summed E-state index contributed by atoms with van der Waals surface area (Å²) in [6.45, 7) is 2.14. The third-order valence-electron chi connectivity index (χ3n) is 2.58. The van der Waals surface area contributed by atoms with Gasteiger partial charge in [0.1, 0.15) is 0 Å². The molecule has 0 aliphatic rings. The van der Waals surface area contributed by atoms with E-state index < -0.39 is 0 Å². The van der Waals surface area contributed by atoms with Crippen molar-refractivity contribution in [1.82, 2.24) is 4.68 Å².